The maximum Gasteiger partial charge on any atom is 0.335 e. The Bertz CT molecular complexity index is 1140. The Morgan fingerprint density at radius 2 is 1.77 bits per heavy atom. The van der Waals surface area contributed by atoms with E-state index in [1.807, 2.05) is 49.4 Å². The summed E-state index contributed by atoms with van der Waals surface area (Å²) < 4.78 is 0. The van der Waals surface area contributed by atoms with Gasteiger partial charge in [0.2, 0.25) is 0 Å². The fourth-order valence-corrected chi connectivity index (χ4v) is 3.48. The Morgan fingerprint density at radius 1 is 0.962 bits per heavy atom. The number of carbonyl (C=O) groups is 1. The number of rotatable bonds is 3. The number of aromatic nitrogens is 1. The highest BCUT2D eigenvalue weighted by Gasteiger charge is 2.10. The molecule has 4 rings (SSSR count). The van der Waals surface area contributed by atoms with Crippen molar-refractivity contribution in [1.29, 1.82) is 0 Å². The molecule has 0 amide bonds. The van der Waals surface area contributed by atoms with Gasteiger partial charge >= 0.3 is 5.97 Å². The van der Waals surface area contributed by atoms with E-state index in [-0.39, 0.29) is 0 Å². The van der Waals surface area contributed by atoms with E-state index in [1.54, 1.807) is 12.1 Å². The topological polar surface area (TPSA) is 53.1 Å². The van der Waals surface area contributed by atoms with Gasteiger partial charge in [-0.2, -0.15) is 0 Å². The van der Waals surface area contributed by atoms with Crippen molar-refractivity contribution in [2.45, 2.75) is 6.92 Å². The molecule has 0 aliphatic rings. The summed E-state index contributed by atoms with van der Waals surface area (Å²) >= 11 is 6.31. The standard InChI is InChI=1S/C22H16ClNO2/c1-13-10-15(22(25)26)6-8-17(13)14-7-9-20-16(11-14)12-21(24-20)18-4-2-3-5-19(18)23/h2-12,24H,1H3,(H,25,26). The van der Waals surface area contributed by atoms with Crippen molar-refractivity contribution in [3.05, 3.63) is 82.9 Å². The van der Waals surface area contributed by atoms with Crippen LogP contribution in [-0.2, 0) is 0 Å². The highest BCUT2D eigenvalue weighted by molar-refractivity contribution is 6.33. The maximum atomic E-state index is 11.1. The predicted octanol–water partition coefficient (Wildman–Crippen LogP) is 6.16. The summed E-state index contributed by atoms with van der Waals surface area (Å²) in [6.07, 6.45) is 0. The van der Waals surface area contributed by atoms with E-state index in [0.29, 0.717) is 10.6 Å². The van der Waals surface area contributed by atoms with Gasteiger partial charge in [0.25, 0.3) is 0 Å². The second-order valence-electron chi connectivity index (χ2n) is 6.30. The minimum atomic E-state index is -0.912. The lowest BCUT2D eigenvalue weighted by atomic mass is 9.97. The molecule has 1 aromatic heterocycles. The van der Waals surface area contributed by atoms with Crippen LogP contribution in [0.25, 0.3) is 33.3 Å². The van der Waals surface area contributed by atoms with Crippen LogP contribution in [0.15, 0.2) is 66.7 Å². The molecule has 0 atom stereocenters. The fourth-order valence-electron chi connectivity index (χ4n) is 3.25. The average molecular weight is 362 g/mol. The Hall–Kier alpha value is -3.04. The van der Waals surface area contributed by atoms with Crippen LogP contribution in [0.4, 0.5) is 0 Å². The van der Waals surface area contributed by atoms with Crippen molar-refractivity contribution >= 4 is 28.5 Å². The lowest BCUT2D eigenvalue weighted by Gasteiger charge is -2.07. The highest BCUT2D eigenvalue weighted by Crippen LogP contribution is 2.32. The van der Waals surface area contributed by atoms with Crippen LogP contribution in [-0.4, -0.2) is 16.1 Å². The van der Waals surface area contributed by atoms with Gasteiger partial charge in [-0.25, -0.2) is 4.79 Å². The number of aromatic amines is 1. The molecule has 0 bridgehead atoms. The molecule has 26 heavy (non-hydrogen) atoms. The SMILES string of the molecule is Cc1cc(C(=O)O)ccc1-c1ccc2[nH]c(-c3ccccc3Cl)cc2c1. The first-order valence-electron chi connectivity index (χ1n) is 8.25. The molecule has 4 heteroatoms. The smallest absolute Gasteiger partial charge is 0.335 e. The average Bonchev–Trinajstić information content (AvgIpc) is 3.04. The van der Waals surface area contributed by atoms with E-state index in [0.717, 1.165) is 38.9 Å². The number of nitrogens with one attached hydrogen (secondary N) is 1. The summed E-state index contributed by atoms with van der Waals surface area (Å²) in [4.78, 5) is 14.5. The summed E-state index contributed by atoms with van der Waals surface area (Å²) in [6, 6.07) is 21.2. The van der Waals surface area contributed by atoms with E-state index >= 15 is 0 Å². The summed E-state index contributed by atoms with van der Waals surface area (Å²) in [7, 11) is 0. The third-order valence-electron chi connectivity index (χ3n) is 4.57. The number of carboxylic acids is 1. The largest absolute Gasteiger partial charge is 0.478 e. The second kappa shape index (κ2) is 6.36. The number of aromatic carboxylic acids is 1. The number of benzene rings is 3. The number of carboxylic acid groups (broad SMARTS) is 1. The summed E-state index contributed by atoms with van der Waals surface area (Å²) in [5, 5.41) is 10.9. The minimum absolute atomic E-state index is 0.301. The zero-order valence-corrected chi connectivity index (χ0v) is 14.8. The first kappa shape index (κ1) is 16.4. The number of halogens is 1. The van der Waals surface area contributed by atoms with Gasteiger partial charge in [0.1, 0.15) is 0 Å². The number of aryl methyl sites for hydroxylation is 1. The van der Waals surface area contributed by atoms with Crippen molar-refractivity contribution < 1.29 is 9.90 Å². The van der Waals surface area contributed by atoms with E-state index < -0.39 is 5.97 Å². The molecule has 3 aromatic carbocycles. The third-order valence-corrected chi connectivity index (χ3v) is 4.90. The molecule has 0 unspecified atom stereocenters. The van der Waals surface area contributed by atoms with E-state index in [9.17, 15) is 4.79 Å². The zero-order chi connectivity index (χ0) is 18.3. The predicted molar refractivity (Wildman–Crippen MR) is 106 cm³/mol. The molecular weight excluding hydrogens is 346 g/mol. The van der Waals surface area contributed by atoms with Gasteiger partial charge in [-0.3, -0.25) is 0 Å². The molecule has 0 aliphatic heterocycles. The maximum absolute atomic E-state index is 11.1. The minimum Gasteiger partial charge on any atom is -0.478 e. The molecular formula is C22H16ClNO2. The zero-order valence-electron chi connectivity index (χ0n) is 14.1. The lowest BCUT2D eigenvalue weighted by Crippen LogP contribution is -1.97. The summed E-state index contributed by atoms with van der Waals surface area (Å²) in [5.74, 6) is -0.912. The van der Waals surface area contributed by atoms with Gasteiger partial charge in [-0.05, 0) is 60.0 Å². The quantitative estimate of drug-likeness (QED) is 0.459. The van der Waals surface area contributed by atoms with Gasteiger partial charge < -0.3 is 10.1 Å². The summed E-state index contributed by atoms with van der Waals surface area (Å²) in [5.41, 5.74) is 6.29. The lowest BCUT2D eigenvalue weighted by molar-refractivity contribution is 0.0697. The van der Waals surface area contributed by atoms with E-state index in [4.69, 9.17) is 16.7 Å². The number of H-pyrrole nitrogens is 1. The molecule has 128 valence electrons. The molecule has 4 aromatic rings. The third kappa shape index (κ3) is 2.87. The van der Waals surface area contributed by atoms with Crippen LogP contribution >= 0.6 is 11.6 Å². The molecule has 0 aliphatic carbocycles. The molecule has 0 saturated carbocycles. The van der Waals surface area contributed by atoms with Crippen LogP contribution in [0.5, 0.6) is 0 Å². The molecule has 1 heterocycles. The molecule has 0 spiro atoms. The Morgan fingerprint density at radius 3 is 2.50 bits per heavy atom. The monoisotopic (exact) mass is 361 g/mol. The first-order valence-corrected chi connectivity index (χ1v) is 8.63. The Kier molecular flexibility index (Phi) is 4.02. The van der Waals surface area contributed by atoms with Crippen molar-refractivity contribution in [2.75, 3.05) is 0 Å². The van der Waals surface area contributed by atoms with Crippen molar-refractivity contribution in [3.8, 4) is 22.4 Å². The fraction of sp³-hybridized carbons (Fsp3) is 0.0455. The van der Waals surface area contributed by atoms with Crippen LogP contribution in [0.3, 0.4) is 0 Å². The number of hydrogen-bond donors (Lipinski definition) is 2. The number of fused-ring (bicyclic) bond motifs is 1. The summed E-state index contributed by atoms with van der Waals surface area (Å²) in [6.45, 7) is 1.93. The van der Waals surface area contributed by atoms with E-state index in [2.05, 4.69) is 17.1 Å². The van der Waals surface area contributed by atoms with E-state index in [1.165, 1.54) is 0 Å². The molecule has 0 radical (unpaired) electrons. The molecule has 3 nitrogen and oxygen atoms in total. The van der Waals surface area contributed by atoms with Crippen molar-refractivity contribution in [2.24, 2.45) is 0 Å². The highest BCUT2D eigenvalue weighted by atomic mass is 35.5. The van der Waals surface area contributed by atoms with Gasteiger partial charge in [-0.15, -0.1) is 0 Å². The van der Waals surface area contributed by atoms with Gasteiger partial charge in [0.15, 0.2) is 0 Å². The number of hydrogen-bond acceptors (Lipinski definition) is 1. The van der Waals surface area contributed by atoms with Crippen LogP contribution in [0, 0.1) is 6.92 Å². The first-order chi connectivity index (χ1) is 12.5. The Balaban J connectivity index is 1.79. The Labute approximate surface area is 155 Å². The van der Waals surface area contributed by atoms with Crippen molar-refractivity contribution in [1.82, 2.24) is 4.98 Å². The van der Waals surface area contributed by atoms with Gasteiger partial charge in [-0.1, -0.05) is 41.9 Å². The van der Waals surface area contributed by atoms with Gasteiger partial charge in [0.05, 0.1) is 5.56 Å². The normalized spacial score (nSPS) is 11.0. The molecule has 0 saturated heterocycles. The van der Waals surface area contributed by atoms with Crippen LogP contribution in [0.1, 0.15) is 15.9 Å². The molecule has 2 N–H and O–H groups in total. The van der Waals surface area contributed by atoms with Crippen LogP contribution in [0.2, 0.25) is 5.02 Å². The molecule has 0 fully saturated rings. The van der Waals surface area contributed by atoms with Crippen molar-refractivity contribution in [3.63, 3.8) is 0 Å². The van der Waals surface area contributed by atoms with Crippen LogP contribution < -0.4 is 0 Å². The van der Waals surface area contributed by atoms with Gasteiger partial charge in [0, 0.05) is 27.2 Å². The second-order valence-corrected chi connectivity index (χ2v) is 6.71.